The molecule has 0 spiro atoms. The SMILES string of the molecule is CC(Cc1cn(Cc2nc3ccccc3c(=O)[nH]2)nn1)c1ccccc1. The maximum atomic E-state index is 12.2. The molecule has 2 aromatic carbocycles. The van der Waals surface area contributed by atoms with Crippen molar-refractivity contribution in [3.63, 3.8) is 0 Å². The second-order valence-electron chi connectivity index (χ2n) is 6.45. The number of benzene rings is 2. The van der Waals surface area contributed by atoms with Gasteiger partial charge in [0, 0.05) is 6.20 Å². The van der Waals surface area contributed by atoms with Crippen LogP contribution in [-0.4, -0.2) is 25.0 Å². The van der Waals surface area contributed by atoms with Gasteiger partial charge in [-0.3, -0.25) is 4.79 Å². The number of nitrogens with one attached hydrogen (secondary N) is 1. The Kier molecular flexibility index (Phi) is 4.31. The van der Waals surface area contributed by atoms with E-state index >= 15 is 0 Å². The van der Waals surface area contributed by atoms with Crippen LogP contribution in [0.15, 0.2) is 65.6 Å². The number of aromatic nitrogens is 5. The number of hydrogen-bond acceptors (Lipinski definition) is 4. The number of para-hydroxylation sites is 1. The standard InChI is InChI=1S/C20H19N5O/c1-14(15-7-3-2-4-8-15)11-16-12-25(24-23-16)13-19-21-18-10-6-5-9-17(18)20(26)22-19/h2-10,12,14H,11,13H2,1H3,(H,21,22,26). The summed E-state index contributed by atoms with van der Waals surface area (Å²) in [5.41, 5.74) is 2.75. The lowest BCUT2D eigenvalue weighted by Crippen LogP contribution is -2.14. The molecule has 0 aliphatic heterocycles. The molecule has 0 saturated carbocycles. The van der Waals surface area contributed by atoms with Crippen molar-refractivity contribution in [3.05, 3.63) is 88.2 Å². The maximum absolute atomic E-state index is 12.2. The highest BCUT2D eigenvalue weighted by atomic mass is 16.1. The van der Waals surface area contributed by atoms with Gasteiger partial charge in [0.05, 0.1) is 16.6 Å². The minimum absolute atomic E-state index is 0.136. The van der Waals surface area contributed by atoms with Gasteiger partial charge in [0.25, 0.3) is 5.56 Å². The molecule has 1 N–H and O–H groups in total. The van der Waals surface area contributed by atoms with Crippen LogP contribution in [0.1, 0.15) is 29.9 Å². The minimum Gasteiger partial charge on any atom is -0.308 e. The van der Waals surface area contributed by atoms with E-state index in [1.807, 2.05) is 42.6 Å². The van der Waals surface area contributed by atoms with Crippen LogP contribution in [0.2, 0.25) is 0 Å². The Bertz CT molecular complexity index is 1080. The highest BCUT2D eigenvalue weighted by Gasteiger charge is 2.10. The lowest BCUT2D eigenvalue weighted by Gasteiger charge is -2.09. The first-order chi connectivity index (χ1) is 12.7. The highest BCUT2D eigenvalue weighted by molar-refractivity contribution is 5.77. The number of nitrogens with zero attached hydrogens (tertiary/aromatic N) is 4. The molecule has 2 aromatic heterocycles. The summed E-state index contributed by atoms with van der Waals surface area (Å²) >= 11 is 0. The van der Waals surface area contributed by atoms with Gasteiger partial charge in [-0.1, -0.05) is 54.6 Å². The Morgan fingerprint density at radius 1 is 1.08 bits per heavy atom. The summed E-state index contributed by atoms with van der Waals surface area (Å²) in [4.78, 5) is 19.5. The second-order valence-corrected chi connectivity index (χ2v) is 6.45. The van der Waals surface area contributed by atoms with Crippen molar-refractivity contribution < 1.29 is 0 Å². The Hall–Kier alpha value is -3.28. The van der Waals surface area contributed by atoms with E-state index in [9.17, 15) is 4.79 Å². The Morgan fingerprint density at radius 2 is 1.85 bits per heavy atom. The molecule has 1 atom stereocenters. The van der Waals surface area contributed by atoms with Crippen molar-refractivity contribution >= 4 is 10.9 Å². The quantitative estimate of drug-likeness (QED) is 0.603. The fourth-order valence-corrected chi connectivity index (χ4v) is 3.09. The van der Waals surface area contributed by atoms with Crippen LogP contribution >= 0.6 is 0 Å². The van der Waals surface area contributed by atoms with Gasteiger partial charge in [-0.25, -0.2) is 9.67 Å². The van der Waals surface area contributed by atoms with Gasteiger partial charge in [-0.2, -0.15) is 0 Å². The van der Waals surface area contributed by atoms with Crippen molar-refractivity contribution in [3.8, 4) is 0 Å². The fourth-order valence-electron chi connectivity index (χ4n) is 3.09. The van der Waals surface area contributed by atoms with E-state index in [0.29, 0.717) is 29.2 Å². The summed E-state index contributed by atoms with van der Waals surface area (Å²) in [6.07, 6.45) is 2.72. The molecule has 0 radical (unpaired) electrons. The summed E-state index contributed by atoms with van der Waals surface area (Å²) in [5.74, 6) is 0.932. The summed E-state index contributed by atoms with van der Waals surface area (Å²) in [7, 11) is 0. The van der Waals surface area contributed by atoms with E-state index in [2.05, 4.69) is 39.3 Å². The Balaban J connectivity index is 1.51. The normalized spacial score (nSPS) is 12.3. The van der Waals surface area contributed by atoms with Crippen molar-refractivity contribution in [1.82, 2.24) is 25.0 Å². The molecule has 4 aromatic rings. The zero-order chi connectivity index (χ0) is 17.9. The molecule has 130 valence electrons. The Labute approximate surface area is 150 Å². The number of hydrogen-bond donors (Lipinski definition) is 1. The summed E-state index contributed by atoms with van der Waals surface area (Å²) in [6.45, 7) is 2.56. The van der Waals surface area contributed by atoms with Gasteiger partial charge < -0.3 is 4.98 Å². The predicted octanol–water partition coefficient (Wildman–Crippen LogP) is 2.91. The average molecular weight is 345 g/mol. The molecule has 0 aliphatic carbocycles. The topological polar surface area (TPSA) is 76.5 Å². The summed E-state index contributed by atoms with van der Waals surface area (Å²) in [5, 5.41) is 9.02. The van der Waals surface area contributed by atoms with E-state index in [1.54, 1.807) is 10.7 Å². The molecule has 6 nitrogen and oxygen atoms in total. The molecule has 2 heterocycles. The minimum atomic E-state index is -0.136. The Morgan fingerprint density at radius 3 is 2.69 bits per heavy atom. The smallest absolute Gasteiger partial charge is 0.258 e. The van der Waals surface area contributed by atoms with Crippen LogP contribution in [0.25, 0.3) is 10.9 Å². The predicted molar refractivity (Wildman–Crippen MR) is 100 cm³/mol. The molecular formula is C20H19N5O. The van der Waals surface area contributed by atoms with E-state index in [-0.39, 0.29) is 5.56 Å². The molecule has 0 bridgehead atoms. The third-order valence-corrected chi connectivity index (χ3v) is 4.44. The van der Waals surface area contributed by atoms with Crippen LogP contribution in [0.4, 0.5) is 0 Å². The van der Waals surface area contributed by atoms with Crippen molar-refractivity contribution in [1.29, 1.82) is 0 Å². The summed E-state index contributed by atoms with van der Waals surface area (Å²) < 4.78 is 1.71. The van der Waals surface area contributed by atoms with E-state index < -0.39 is 0 Å². The first-order valence-corrected chi connectivity index (χ1v) is 8.61. The molecule has 1 unspecified atom stereocenters. The molecule has 4 rings (SSSR count). The first-order valence-electron chi connectivity index (χ1n) is 8.61. The zero-order valence-corrected chi connectivity index (χ0v) is 14.5. The van der Waals surface area contributed by atoms with Crippen molar-refractivity contribution in [2.75, 3.05) is 0 Å². The molecule has 0 aliphatic rings. The number of aromatic amines is 1. The second kappa shape index (κ2) is 6.92. The monoisotopic (exact) mass is 345 g/mol. The first kappa shape index (κ1) is 16.2. The van der Waals surface area contributed by atoms with Gasteiger partial charge in [-0.15, -0.1) is 5.10 Å². The van der Waals surface area contributed by atoms with Crippen LogP contribution < -0.4 is 5.56 Å². The van der Waals surface area contributed by atoms with Crippen molar-refractivity contribution in [2.45, 2.75) is 25.8 Å². The average Bonchev–Trinajstić information content (AvgIpc) is 3.09. The molecule has 0 saturated heterocycles. The van der Waals surface area contributed by atoms with Gasteiger partial charge in [0.1, 0.15) is 12.4 Å². The lowest BCUT2D eigenvalue weighted by molar-refractivity contribution is 0.625. The van der Waals surface area contributed by atoms with Gasteiger partial charge in [0.15, 0.2) is 0 Å². The fraction of sp³-hybridized carbons (Fsp3) is 0.200. The summed E-state index contributed by atoms with van der Waals surface area (Å²) in [6, 6.07) is 17.7. The number of H-pyrrole nitrogens is 1. The van der Waals surface area contributed by atoms with E-state index in [4.69, 9.17) is 0 Å². The van der Waals surface area contributed by atoms with Crippen LogP contribution in [-0.2, 0) is 13.0 Å². The third-order valence-electron chi connectivity index (χ3n) is 4.44. The van der Waals surface area contributed by atoms with E-state index in [1.165, 1.54) is 5.56 Å². The number of fused-ring (bicyclic) bond motifs is 1. The van der Waals surface area contributed by atoms with Crippen LogP contribution in [0.3, 0.4) is 0 Å². The van der Waals surface area contributed by atoms with Crippen LogP contribution in [0.5, 0.6) is 0 Å². The van der Waals surface area contributed by atoms with Gasteiger partial charge in [-0.05, 0) is 30.0 Å². The number of rotatable bonds is 5. The highest BCUT2D eigenvalue weighted by Crippen LogP contribution is 2.18. The zero-order valence-electron chi connectivity index (χ0n) is 14.5. The van der Waals surface area contributed by atoms with E-state index in [0.717, 1.165) is 12.1 Å². The largest absolute Gasteiger partial charge is 0.308 e. The third kappa shape index (κ3) is 3.39. The molecule has 26 heavy (non-hydrogen) atoms. The lowest BCUT2D eigenvalue weighted by atomic mass is 9.97. The molecule has 0 fully saturated rings. The van der Waals surface area contributed by atoms with Crippen molar-refractivity contribution in [2.24, 2.45) is 0 Å². The molecular weight excluding hydrogens is 326 g/mol. The van der Waals surface area contributed by atoms with Crippen LogP contribution in [0, 0.1) is 0 Å². The molecule has 6 heteroatoms. The van der Waals surface area contributed by atoms with Gasteiger partial charge >= 0.3 is 0 Å². The molecule has 0 amide bonds. The van der Waals surface area contributed by atoms with Gasteiger partial charge in [0.2, 0.25) is 0 Å². The maximum Gasteiger partial charge on any atom is 0.258 e.